The van der Waals surface area contributed by atoms with E-state index in [4.69, 9.17) is 0 Å². The quantitative estimate of drug-likeness (QED) is 0.360. The summed E-state index contributed by atoms with van der Waals surface area (Å²) in [5.74, 6) is 0.0940. The smallest absolute Gasteiger partial charge is 0.300 e. The molecule has 0 aromatic rings. The lowest BCUT2D eigenvalue weighted by atomic mass is 10.2. The number of hydrogen-bond acceptors (Lipinski definition) is 1. The molecule has 0 aromatic carbocycles. The third-order valence-electron chi connectivity index (χ3n) is 1.84. The molecule has 0 fully saturated rings. The maximum Gasteiger partial charge on any atom is 0.424 e. The maximum atomic E-state index is 12.7. The van der Waals surface area contributed by atoms with Crippen molar-refractivity contribution in [2.75, 3.05) is 0 Å². The molecule has 0 spiro atoms. The second kappa shape index (κ2) is 5.40. The van der Waals surface area contributed by atoms with Gasteiger partial charge in [0.1, 0.15) is 5.78 Å². The lowest BCUT2D eigenvalue weighted by molar-refractivity contribution is -0.117. The highest BCUT2D eigenvalue weighted by Gasteiger charge is 2.31. The van der Waals surface area contributed by atoms with E-state index in [0.29, 0.717) is 19.3 Å². The molecule has 0 bridgehead atoms. The lowest BCUT2D eigenvalue weighted by Crippen LogP contribution is -2.19. The molecule has 0 aliphatic heterocycles. The highest BCUT2D eigenvalue weighted by atomic mass is 28.4. The molecule has 12 heavy (non-hydrogen) atoms. The number of Topliss-reactive ketones (excluding diaryl/α,β-unsaturated/α-hetero) is 1. The highest BCUT2D eigenvalue weighted by molar-refractivity contribution is 6.65. The number of carbonyl (C=O) groups is 1. The minimum atomic E-state index is -3.86. The summed E-state index contributed by atoms with van der Waals surface area (Å²) >= 11 is 0. The van der Waals surface area contributed by atoms with Crippen LogP contribution in [0.5, 0.6) is 0 Å². The molecule has 0 rings (SSSR count). The molecular weight excluding hydrogens is 178 g/mol. The molecule has 0 radical (unpaired) electrons. The Labute approximate surface area is 73.5 Å². The first-order valence-electron chi connectivity index (χ1n) is 4.35. The van der Waals surface area contributed by atoms with Crippen molar-refractivity contribution in [2.24, 2.45) is 0 Å². The largest absolute Gasteiger partial charge is 0.424 e. The molecule has 0 aromatic heterocycles. The topological polar surface area (TPSA) is 17.1 Å². The van der Waals surface area contributed by atoms with E-state index in [9.17, 15) is 13.0 Å². The van der Waals surface area contributed by atoms with Gasteiger partial charge in [-0.05, 0) is 25.4 Å². The summed E-state index contributed by atoms with van der Waals surface area (Å²) in [4.78, 5) is 10.5. The van der Waals surface area contributed by atoms with Crippen LogP contribution in [-0.2, 0) is 4.79 Å². The predicted molar refractivity (Wildman–Crippen MR) is 47.8 cm³/mol. The van der Waals surface area contributed by atoms with Crippen molar-refractivity contribution in [3.63, 3.8) is 0 Å². The first-order chi connectivity index (χ1) is 5.48. The van der Waals surface area contributed by atoms with Crippen molar-refractivity contribution in [3.05, 3.63) is 0 Å². The third kappa shape index (κ3) is 6.46. The lowest BCUT2D eigenvalue weighted by Gasteiger charge is -2.08. The molecule has 0 unspecified atom stereocenters. The van der Waals surface area contributed by atoms with E-state index >= 15 is 0 Å². The number of hydrogen-bond donors (Lipinski definition) is 0. The minimum Gasteiger partial charge on any atom is -0.300 e. The summed E-state index contributed by atoms with van der Waals surface area (Å²) in [5.41, 5.74) is 0. The Hall–Kier alpha value is -0.253. The standard InChI is InChI=1S/C8H16F2OSi/c1-3-12(9,10)7-5-4-6-8(2)11/h3-7H2,1-2H3. The van der Waals surface area contributed by atoms with Crippen LogP contribution in [-0.4, -0.2) is 14.5 Å². The van der Waals surface area contributed by atoms with Crippen molar-refractivity contribution in [3.8, 4) is 0 Å². The first-order valence-corrected chi connectivity index (χ1v) is 6.52. The molecule has 0 N–H and O–H groups in total. The van der Waals surface area contributed by atoms with Gasteiger partial charge >= 0.3 is 8.74 Å². The van der Waals surface area contributed by atoms with Crippen LogP contribution in [0, 0.1) is 0 Å². The summed E-state index contributed by atoms with van der Waals surface area (Å²) in [6, 6.07) is 0.0872. The number of halogens is 2. The summed E-state index contributed by atoms with van der Waals surface area (Å²) < 4.78 is 25.5. The third-order valence-corrected chi connectivity index (χ3v) is 3.96. The van der Waals surface area contributed by atoms with Crippen molar-refractivity contribution < 1.29 is 13.0 Å². The molecule has 72 valence electrons. The van der Waals surface area contributed by atoms with Crippen LogP contribution < -0.4 is 0 Å². The van der Waals surface area contributed by atoms with Crippen LogP contribution in [0.2, 0.25) is 12.1 Å². The number of ketones is 1. The molecule has 0 saturated heterocycles. The van der Waals surface area contributed by atoms with Gasteiger partial charge in [0, 0.05) is 6.42 Å². The second-order valence-corrected chi connectivity index (χ2v) is 6.04. The average molecular weight is 194 g/mol. The fraction of sp³-hybridized carbons (Fsp3) is 0.875. The summed E-state index contributed by atoms with van der Waals surface area (Å²) in [5, 5.41) is 0. The molecule has 1 nitrogen and oxygen atoms in total. The van der Waals surface area contributed by atoms with Gasteiger partial charge in [-0.15, -0.1) is 0 Å². The molecule has 0 saturated carbocycles. The normalized spacial score (nSPS) is 11.7. The Morgan fingerprint density at radius 1 is 1.33 bits per heavy atom. The van der Waals surface area contributed by atoms with E-state index in [-0.39, 0.29) is 17.9 Å². The van der Waals surface area contributed by atoms with Gasteiger partial charge < -0.3 is 4.79 Å². The number of rotatable bonds is 6. The summed E-state index contributed by atoms with van der Waals surface area (Å²) in [6.45, 7) is 3.03. The van der Waals surface area contributed by atoms with Gasteiger partial charge in [0.25, 0.3) is 0 Å². The van der Waals surface area contributed by atoms with E-state index < -0.39 is 8.74 Å². The van der Waals surface area contributed by atoms with Crippen molar-refractivity contribution >= 4 is 14.5 Å². The molecule has 0 aliphatic rings. The molecular formula is C8H16F2OSi. The van der Waals surface area contributed by atoms with E-state index in [1.54, 1.807) is 0 Å². The Balaban J connectivity index is 3.37. The van der Waals surface area contributed by atoms with Crippen molar-refractivity contribution in [2.45, 2.75) is 45.2 Å². The van der Waals surface area contributed by atoms with Gasteiger partial charge in [-0.25, -0.2) is 0 Å². The molecule has 0 aliphatic carbocycles. The Morgan fingerprint density at radius 3 is 2.33 bits per heavy atom. The second-order valence-electron chi connectivity index (χ2n) is 3.12. The summed E-state index contributed by atoms with van der Waals surface area (Å²) in [7, 11) is -3.86. The van der Waals surface area contributed by atoms with Gasteiger partial charge in [-0.3, -0.25) is 8.22 Å². The Morgan fingerprint density at radius 2 is 1.92 bits per heavy atom. The fourth-order valence-electron chi connectivity index (χ4n) is 0.934. The number of carbonyl (C=O) groups excluding carboxylic acids is 1. The number of unbranched alkanes of at least 4 members (excludes halogenated alkanes) is 1. The molecule has 0 heterocycles. The molecule has 4 heteroatoms. The van der Waals surface area contributed by atoms with Gasteiger partial charge in [0.15, 0.2) is 0 Å². The Kier molecular flexibility index (Phi) is 5.29. The monoisotopic (exact) mass is 194 g/mol. The average Bonchev–Trinajstić information content (AvgIpc) is 1.98. The SMILES string of the molecule is CC[Si](F)(F)CCCCC(C)=O. The Bertz CT molecular complexity index is 148. The van der Waals surface area contributed by atoms with Crippen LogP contribution in [0.25, 0.3) is 0 Å². The van der Waals surface area contributed by atoms with Gasteiger partial charge in [0.05, 0.1) is 0 Å². The summed E-state index contributed by atoms with van der Waals surface area (Å²) in [6.07, 6.45) is 1.58. The first kappa shape index (κ1) is 11.7. The van der Waals surface area contributed by atoms with Crippen LogP contribution in [0.1, 0.15) is 33.1 Å². The van der Waals surface area contributed by atoms with Crippen LogP contribution in [0.15, 0.2) is 0 Å². The van der Waals surface area contributed by atoms with Gasteiger partial charge in [0.2, 0.25) is 0 Å². The van der Waals surface area contributed by atoms with E-state index in [1.165, 1.54) is 13.8 Å². The van der Waals surface area contributed by atoms with Gasteiger partial charge in [-0.2, -0.15) is 0 Å². The zero-order chi connectivity index (χ0) is 9.61. The van der Waals surface area contributed by atoms with Crippen LogP contribution in [0.4, 0.5) is 8.22 Å². The molecule has 0 atom stereocenters. The molecule has 0 amide bonds. The highest BCUT2D eigenvalue weighted by Crippen LogP contribution is 2.21. The van der Waals surface area contributed by atoms with Crippen molar-refractivity contribution in [1.29, 1.82) is 0 Å². The minimum absolute atomic E-state index is 0.0348. The zero-order valence-electron chi connectivity index (χ0n) is 7.70. The van der Waals surface area contributed by atoms with Crippen molar-refractivity contribution in [1.82, 2.24) is 0 Å². The van der Waals surface area contributed by atoms with Crippen LogP contribution >= 0.6 is 0 Å². The van der Waals surface area contributed by atoms with Crippen LogP contribution in [0.3, 0.4) is 0 Å². The van der Waals surface area contributed by atoms with E-state index in [1.807, 2.05) is 0 Å². The predicted octanol–water partition coefficient (Wildman–Crippen LogP) is 3.15. The van der Waals surface area contributed by atoms with Gasteiger partial charge in [-0.1, -0.05) is 13.3 Å². The maximum absolute atomic E-state index is 12.7. The fourth-order valence-corrected chi connectivity index (χ4v) is 2.06. The van der Waals surface area contributed by atoms with E-state index in [2.05, 4.69) is 0 Å². The van der Waals surface area contributed by atoms with E-state index in [0.717, 1.165) is 0 Å². The zero-order valence-corrected chi connectivity index (χ0v) is 8.70.